The lowest BCUT2D eigenvalue weighted by Gasteiger charge is -2.05. The maximum atomic E-state index is 12.5. The number of nitrogens with zero attached hydrogens (tertiary/aromatic N) is 4. The van der Waals surface area contributed by atoms with Crippen molar-refractivity contribution in [2.24, 2.45) is 0 Å². The number of carbonyl (C=O) groups excluding carboxylic acids is 1. The molecule has 0 radical (unpaired) electrons. The van der Waals surface area contributed by atoms with Gasteiger partial charge in [-0.3, -0.25) is 10.1 Å². The van der Waals surface area contributed by atoms with Crippen molar-refractivity contribution in [2.45, 2.75) is 24.0 Å². The molecule has 1 N–H and O–H groups in total. The first kappa shape index (κ1) is 20.8. The fourth-order valence-corrected chi connectivity index (χ4v) is 6.04. The second-order valence-electron chi connectivity index (χ2n) is 6.80. The molecule has 1 amide bonds. The van der Waals surface area contributed by atoms with E-state index in [9.17, 15) is 4.79 Å². The van der Waals surface area contributed by atoms with E-state index in [2.05, 4.69) is 30.9 Å². The average Bonchev–Trinajstić information content (AvgIpc) is 3.53. The van der Waals surface area contributed by atoms with Crippen molar-refractivity contribution < 1.29 is 9.53 Å². The molecule has 11 heteroatoms. The summed E-state index contributed by atoms with van der Waals surface area (Å²) in [6, 6.07) is 7.66. The van der Waals surface area contributed by atoms with Crippen LogP contribution in [0, 0.1) is 0 Å². The van der Waals surface area contributed by atoms with Gasteiger partial charge in [0.15, 0.2) is 0 Å². The molecule has 0 saturated carbocycles. The van der Waals surface area contributed by atoms with Gasteiger partial charge in [-0.15, -0.1) is 21.5 Å². The van der Waals surface area contributed by atoms with Gasteiger partial charge in [-0.25, -0.2) is 9.97 Å². The third kappa shape index (κ3) is 4.58. The van der Waals surface area contributed by atoms with E-state index in [0.717, 1.165) is 50.8 Å². The maximum absolute atomic E-state index is 12.5. The predicted molar refractivity (Wildman–Crippen MR) is 125 cm³/mol. The normalized spacial score (nSPS) is 16.1. The number of hydrogen-bond donors (Lipinski definition) is 1. The fraction of sp³-hybridized carbons (Fsp3) is 0.250. The third-order valence-corrected chi connectivity index (χ3v) is 7.78. The number of carbonyl (C=O) groups is 1. The van der Waals surface area contributed by atoms with Crippen LogP contribution in [0.3, 0.4) is 0 Å². The Morgan fingerprint density at radius 3 is 2.94 bits per heavy atom. The Kier molecular flexibility index (Phi) is 6.15. The number of thioether (sulfide) groups is 1. The van der Waals surface area contributed by atoms with Crippen molar-refractivity contribution in [3.05, 3.63) is 46.0 Å². The van der Waals surface area contributed by atoms with Crippen molar-refractivity contribution in [1.82, 2.24) is 20.2 Å². The van der Waals surface area contributed by atoms with Crippen LogP contribution in [-0.4, -0.2) is 38.4 Å². The molecule has 0 aliphatic carbocycles. The number of nitrogens with one attached hydrogen (secondary N) is 1. The number of aromatic nitrogens is 4. The minimum Gasteiger partial charge on any atom is -0.371 e. The van der Waals surface area contributed by atoms with E-state index in [4.69, 9.17) is 16.3 Å². The van der Waals surface area contributed by atoms with E-state index in [1.807, 2.05) is 24.3 Å². The van der Waals surface area contributed by atoms with Crippen molar-refractivity contribution >= 4 is 67.3 Å². The lowest BCUT2D eigenvalue weighted by Crippen LogP contribution is -2.14. The minimum absolute atomic E-state index is 0.00305. The van der Waals surface area contributed by atoms with Crippen LogP contribution in [0.15, 0.2) is 41.0 Å². The Balaban J connectivity index is 1.30. The largest absolute Gasteiger partial charge is 0.371 e. The van der Waals surface area contributed by atoms with Crippen LogP contribution in [0.25, 0.3) is 21.3 Å². The van der Waals surface area contributed by atoms with Crippen LogP contribution in [0.1, 0.15) is 24.0 Å². The highest BCUT2D eigenvalue weighted by Gasteiger charge is 2.22. The monoisotopic (exact) mass is 489 g/mol. The number of fused-ring (bicyclic) bond motifs is 1. The van der Waals surface area contributed by atoms with Crippen LogP contribution < -0.4 is 5.32 Å². The van der Waals surface area contributed by atoms with Gasteiger partial charge in [-0.2, -0.15) is 0 Å². The zero-order valence-corrected chi connectivity index (χ0v) is 19.3. The number of anilines is 1. The molecule has 7 nitrogen and oxygen atoms in total. The summed E-state index contributed by atoms with van der Waals surface area (Å²) in [4.78, 5) is 22.2. The van der Waals surface area contributed by atoms with Crippen LogP contribution in [0.5, 0.6) is 0 Å². The summed E-state index contributed by atoms with van der Waals surface area (Å²) in [7, 11) is 0. The first-order valence-electron chi connectivity index (χ1n) is 9.53. The molecule has 1 aliphatic heterocycles. The Hall–Kier alpha value is -2.11. The highest BCUT2D eigenvalue weighted by atomic mass is 35.5. The van der Waals surface area contributed by atoms with Gasteiger partial charge < -0.3 is 4.74 Å². The molecular formula is C20H16ClN5O2S3. The van der Waals surface area contributed by atoms with E-state index < -0.39 is 0 Å². The molecule has 3 aromatic heterocycles. The minimum atomic E-state index is -0.157. The van der Waals surface area contributed by atoms with Crippen molar-refractivity contribution in [1.29, 1.82) is 0 Å². The molecule has 1 unspecified atom stereocenters. The first-order chi connectivity index (χ1) is 15.2. The standard InChI is InChI=1S/C20H16ClN5O2S3/c21-12-5-3-11(4-6-12)13-8-29-18-16(13)19(23-10-22-18)30-9-15(27)24-20-26-25-17(31-20)14-2-1-7-28-14/h3-6,8,10,14H,1-2,7,9H2,(H,24,26,27). The lowest BCUT2D eigenvalue weighted by atomic mass is 10.1. The maximum Gasteiger partial charge on any atom is 0.236 e. The van der Waals surface area contributed by atoms with E-state index in [1.54, 1.807) is 11.3 Å². The number of rotatable bonds is 6. The van der Waals surface area contributed by atoms with E-state index in [0.29, 0.717) is 10.2 Å². The highest BCUT2D eigenvalue weighted by Crippen LogP contribution is 2.38. The molecule has 5 rings (SSSR count). The van der Waals surface area contributed by atoms with Crippen LogP contribution in [0.4, 0.5) is 5.13 Å². The summed E-state index contributed by atoms with van der Waals surface area (Å²) in [6.45, 7) is 0.747. The molecule has 1 atom stereocenters. The third-order valence-electron chi connectivity index (χ3n) is 4.72. The summed E-state index contributed by atoms with van der Waals surface area (Å²) in [5.74, 6) is 0.0479. The van der Waals surface area contributed by atoms with Crippen molar-refractivity contribution in [3.63, 3.8) is 0 Å². The number of hydrogen-bond acceptors (Lipinski definition) is 9. The number of ether oxygens (including phenoxy) is 1. The molecule has 4 heterocycles. The topological polar surface area (TPSA) is 89.9 Å². The molecule has 1 aliphatic rings. The second-order valence-corrected chi connectivity index (χ2v) is 10.1. The average molecular weight is 490 g/mol. The number of thiophene rings is 1. The van der Waals surface area contributed by atoms with Gasteiger partial charge in [-0.1, -0.05) is 46.8 Å². The van der Waals surface area contributed by atoms with Crippen LogP contribution >= 0.6 is 46.0 Å². The molecule has 158 valence electrons. The summed E-state index contributed by atoms with van der Waals surface area (Å²) in [6.07, 6.45) is 3.50. The molecule has 0 spiro atoms. The Morgan fingerprint density at radius 2 is 2.13 bits per heavy atom. The highest BCUT2D eigenvalue weighted by molar-refractivity contribution is 8.00. The molecule has 0 bridgehead atoms. The zero-order valence-electron chi connectivity index (χ0n) is 16.1. The van der Waals surface area contributed by atoms with Gasteiger partial charge in [0, 0.05) is 22.6 Å². The van der Waals surface area contributed by atoms with E-state index >= 15 is 0 Å². The lowest BCUT2D eigenvalue weighted by molar-refractivity contribution is -0.113. The van der Waals surface area contributed by atoms with Crippen LogP contribution in [0.2, 0.25) is 5.02 Å². The Labute approximate surface area is 195 Å². The molecule has 31 heavy (non-hydrogen) atoms. The Morgan fingerprint density at radius 1 is 1.26 bits per heavy atom. The van der Waals surface area contributed by atoms with Crippen molar-refractivity contribution in [2.75, 3.05) is 17.7 Å². The fourth-order valence-electron chi connectivity index (χ4n) is 3.28. The summed E-state index contributed by atoms with van der Waals surface area (Å²) >= 11 is 10.3. The number of halogens is 1. The van der Waals surface area contributed by atoms with Gasteiger partial charge in [0.25, 0.3) is 0 Å². The molecule has 1 aromatic carbocycles. The quantitative estimate of drug-likeness (QED) is 0.284. The summed E-state index contributed by atoms with van der Waals surface area (Å²) in [5.41, 5.74) is 2.07. The van der Waals surface area contributed by atoms with Gasteiger partial charge >= 0.3 is 0 Å². The van der Waals surface area contributed by atoms with E-state index in [-0.39, 0.29) is 17.8 Å². The smallest absolute Gasteiger partial charge is 0.236 e. The summed E-state index contributed by atoms with van der Waals surface area (Å²) in [5, 5.41) is 16.8. The zero-order chi connectivity index (χ0) is 21.2. The van der Waals surface area contributed by atoms with Gasteiger partial charge in [0.1, 0.15) is 27.3 Å². The first-order valence-corrected chi connectivity index (χ1v) is 12.6. The Bertz CT molecular complexity index is 1220. The summed E-state index contributed by atoms with van der Waals surface area (Å²) < 4.78 is 5.62. The molecule has 4 aromatic rings. The molecule has 1 fully saturated rings. The van der Waals surface area contributed by atoms with Gasteiger partial charge in [-0.05, 0) is 30.5 Å². The SMILES string of the molecule is O=C(CSc1ncnc2scc(-c3ccc(Cl)cc3)c12)Nc1nnc(C2CCCO2)s1. The number of amides is 1. The number of benzene rings is 1. The predicted octanol–water partition coefficient (Wildman–Crippen LogP) is 5.45. The van der Waals surface area contributed by atoms with Crippen LogP contribution in [-0.2, 0) is 9.53 Å². The van der Waals surface area contributed by atoms with Crippen molar-refractivity contribution in [3.8, 4) is 11.1 Å². The molecular weight excluding hydrogens is 474 g/mol. The molecule has 1 saturated heterocycles. The van der Waals surface area contributed by atoms with E-state index in [1.165, 1.54) is 29.4 Å². The van der Waals surface area contributed by atoms with Gasteiger partial charge in [0.05, 0.1) is 11.1 Å². The van der Waals surface area contributed by atoms with Gasteiger partial charge in [0.2, 0.25) is 11.0 Å². The second kappa shape index (κ2) is 9.17.